The van der Waals surface area contributed by atoms with Gasteiger partial charge in [-0.3, -0.25) is 4.79 Å². The molecule has 0 bridgehead atoms. The summed E-state index contributed by atoms with van der Waals surface area (Å²) in [6.07, 6.45) is 2.34. The van der Waals surface area contributed by atoms with E-state index >= 15 is 0 Å². The van der Waals surface area contributed by atoms with E-state index in [1.165, 1.54) is 0 Å². The smallest absolute Gasteiger partial charge is 0.256 e. The maximum atomic E-state index is 12.6. The summed E-state index contributed by atoms with van der Waals surface area (Å²) < 4.78 is 11.1. The molecular weight excluding hydrogens is 292 g/mol. The first-order valence-corrected chi connectivity index (χ1v) is 8.13. The lowest BCUT2D eigenvalue weighted by molar-refractivity contribution is -0.139. The molecule has 0 spiro atoms. The first kappa shape index (κ1) is 19.0. The zero-order chi connectivity index (χ0) is 17.3. The Balaban J connectivity index is 2.94. The first-order valence-electron chi connectivity index (χ1n) is 8.13. The fourth-order valence-corrected chi connectivity index (χ4v) is 2.34. The van der Waals surface area contributed by atoms with E-state index in [1.54, 1.807) is 25.1 Å². The second-order valence-electron chi connectivity index (χ2n) is 5.54. The van der Waals surface area contributed by atoms with Crippen molar-refractivity contribution in [2.24, 2.45) is 0 Å². The van der Waals surface area contributed by atoms with Crippen LogP contribution in [0, 0.1) is 11.3 Å². The highest BCUT2D eigenvalue weighted by atomic mass is 16.5. The molecule has 1 amide bonds. The number of ether oxygens (including phenoxy) is 2. The minimum atomic E-state index is -0.895. The number of hydrogen-bond donors (Lipinski definition) is 1. The molecule has 1 atom stereocenters. The van der Waals surface area contributed by atoms with Crippen LogP contribution in [0.2, 0.25) is 0 Å². The maximum Gasteiger partial charge on any atom is 0.256 e. The molecule has 0 radical (unpaired) electrons. The molecule has 5 nitrogen and oxygen atoms in total. The van der Waals surface area contributed by atoms with Crippen molar-refractivity contribution in [1.29, 1.82) is 5.26 Å². The Kier molecular flexibility index (Phi) is 7.56. The summed E-state index contributed by atoms with van der Waals surface area (Å²) in [5.74, 6) is 0.391. The zero-order valence-electron chi connectivity index (χ0n) is 14.4. The summed E-state index contributed by atoms with van der Waals surface area (Å²) in [5.41, 5.74) is -0.0427. The second kappa shape index (κ2) is 9.16. The van der Waals surface area contributed by atoms with Gasteiger partial charge in [0.05, 0.1) is 17.9 Å². The number of nitrogens with one attached hydrogen (secondary N) is 1. The second-order valence-corrected chi connectivity index (χ2v) is 5.54. The van der Waals surface area contributed by atoms with Gasteiger partial charge in [0.25, 0.3) is 5.91 Å². The average Bonchev–Trinajstić information content (AvgIpc) is 2.54. The van der Waals surface area contributed by atoms with E-state index in [0.717, 1.165) is 12.8 Å². The quantitative estimate of drug-likeness (QED) is 0.750. The molecule has 0 saturated carbocycles. The summed E-state index contributed by atoms with van der Waals surface area (Å²) in [6.45, 7) is 8.71. The van der Waals surface area contributed by atoms with Crippen LogP contribution in [0.3, 0.4) is 0 Å². The molecule has 0 fully saturated rings. The van der Waals surface area contributed by atoms with Crippen molar-refractivity contribution in [3.63, 3.8) is 0 Å². The predicted molar refractivity (Wildman–Crippen MR) is 90.5 cm³/mol. The lowest BCUT2D eigenvalue weighted by atomic mass is 9.98. The van der Waals surface area contributed by atoms with Crippen molar-refractivity contribution < 1.29 is 14.3 Å². The molecule has 0 aliphatic rings. The third-order valence-electron chi connectivity index (χ3n) is 3.50. The summed E-state index contributed by atoms with van der Waals surface area (Å²) >= 11 is 0. The van der Waals surface area contributed by atoms with E-state index in [0.29, 0.717) is 36.6 Å². The SMILES string of the molecule is CCCOc1ccc(NC(=O)[C@@](C)(CCC)OCC)c(C#N)c1. The van der Waals surface area contributed by atoms with Crippen molar-refractivity contribution in [3.8, 4) is 11.8 Å². The van der Waals surface area contributed by atoms with Crippen molar-refractivity contribution in [3.05, 3.63) is 23.8 Å². The Bertz CT molecular complexity index is 558. The molecule has 5 heteroatoms. The molecule has 0 aliphatic carbocycles. The lowest BCUT2D eigenvalue weighted by Gasteiger charge is -2.28. The van der Waals surface area contributed by atoms with Crippen LogP contribution < -0.4 is 10.1 Å². The Labute approximate surface area is 138 Å². The van der Waals surface area contributed by atoms with Gasteiger partial charge in [0.15, 0.2) is 0 Å². The van der Waals surface area contributed by atoms with Crippen LogP contribution in [0.15, 0.2) is 18.2 Å². The molecule has 1 N–H and O–H groups in total. The van der Waals surface area contributed by atoms with Crippen LogP contribution in [-0.2, 0) is 9.53 Å². The van der Waals surface area contributed by atoms with Gasteiger partial charge in [-0.15, -0.1) is 0 Å². The normalized spacial score (nSPS) is 13.0. The number of nitriles is 1. The molecule has 1 rings (SSSR count). The highest BCUT2D eigenvalue weighted by molar-refractivity contribution is 5.98. The molecule has 23 heavy (non-hydrogen) atoms. The molecule has 1 aromatic rings. The van der Waals surface area contributed by atoms with Crippen molar-refractivity contribution >= 4 is 11.6 Å². The van der Waals surface area contributed by atoms with Gasteiger partial charge in [0, 0.05) is 6.61 Å². The van der Waals surface area contributed by atoms with Gasteiger partial charge in [-0.1, -0.05) is 20.3 Å². The molecule has 0 heterocycles. The van der Waals surface area contributed by atoms with E-state index in [4.69, 9.17) is 9.47 Å². The molecule has 0 aliphatic heterocycles. The van der Waals surface area contributed by atoms with Gasteiger partial charge in [-0.05, 0) is 44.9 Å². The number of nitrogens with zero attached hydrogens (tertiary/aromatic N) is 1. The highest BCUT2D eigenvalue weighted by Gasteiger charge is 2.33. The average molecular weight is 318 g/mol. The maximum absolute atomic E-state index is 12.6. The monoisotopic (exact) mass is 318 g/mol. The fraction of sp³-hybridized carbons (Fsp3) is 0.556. The lowest BCUT2D eigenvalue weighted by Crippen LogP contribution is -2.42. The van der Waals surface area contributed by atoms with Gasteiger partial charge < -0.3 is 14.8 Å². The van der Waals surface area contributed by atoms with E-state index in [9.17, 15) is 10.1 Å². The van der Waals surface area contributed by atoms with E-state index in [1.807, 2.05) is 20.8 Å². The molecule has 126 valence electrons. The number of carbonyl (C=O) groups is 1. The number of amides is 1. The number of rotatable bonds is 9. The Morgan fingerprint density at radius 1 is 1.30 bits per heavy atom. The van der Waals surface area contributed by atoms with Crippen molar-refractivity contribution in [1.82, 2.24) is 0 Å². The molecule has 0 unspecified atom stereocenters. The van der Waals surface area contributed by atoms with Crippen molar-refractivity contribution in [2.75, 3.05) is 18.5 Å². The van der Waals surface area contributed by atoms with Crippen LogP contribution in [-0.4, -0.2) is 24.7 Å². The van der Waals surface area contributed by atoms with Crippen LogP contribution in [0.4, 0.5) is 5.69 Å². The molecule has 0 aromatic heterocycles. The van der Waals surface area contributed by atoms with E-state index < -0.39 is 5.60 Å². The molecular formula is C18H26N2O3. The van der Waals surface area contributed by atoms with Crippen LogP contribution >= 0.6 is 0 Å². The van der Waals surface area contributed by atoms with Crippen LogP contribution in [0.1, 0.15) is 52.5 Å². The van der Waals surface area contributed by atoms with Gasteiger partial charge >= 0.3 is 0 Å². The van der Waals surface area contributed by atoms with Crippen LogP contribution in [0.5, 0.6) is 5.75 Å². The highest BCUT2D eigenvalue weighted by Crippen LogP contribution is 2.25. The number of anilines is 1. The molecule has 0 saturated heterocycles. The fourth-order valence-electron chi connectivity index (χ4n) is 2.34. The summed E-state index contributed by atoms with van der Waals surface area (Å²) in [4.78, 5) is 12.6. The van der Waals surface area contributed by atoms with E-state index in [-0.39, 0.29) is 5.91 Å². The van der Waals surface area contributed by atoms with Gasteiger partial charge in [-0.25, -0.2) is 0 Å². The predicted octanol–water partition coefficient (Wildman–Crippen LogP) is 3.88. The van der Waals surface area contributed by atoms with Gasteiger partial charge in [0.2, 0.25) is 0 Å². The number of carbonyl (C=O) groups excluding carboxylic acids is 1. The number of hydrogen-bond acceptors (Lipinski definition) is 4. The number of benzene rings is 1. The van der Waals surface area contributed by atoms with Crippen molar-refractivity contribution in [2.45, 2.75) is 52.6 Å². The van der Waals surface area contributed by atoms with Gasteiger partial charge in [-0.2, -0.15) is 5.26 Å². The topological polar surface area (TPSA) is 71.3 Å². The Hall–Kier alpha value is -2.06. The van der Waals surface area contributed by atoms with E-state index in [2.05, 4.69) is 11.4 Å². The third-order valence-corrected chi connectivity index (χ3v) is 3.50. The van der Waals surface area contributed by atoms with Crippen LogP contribution in [0.25, 0.3) is 0 Å². The molecule has 1 aromatic carbocycles. The largest absolute Gasteiger partial charge is 0.494 e. The third kappa shape index (κ3) is 5.26. The first-order chi connectivity index (χ1) is 11.0. The summed E-state index contributed by atoms with van der Waals surface area (Å²) in [6, 6.07) is 7.19. The minimum Gasteiger partial charge on any atom is -0.494 e. The summed E-state index contributed by atoms with van der Waals surface area (Å²) in [7, 11) is 0. The van der Waals surface area contributed by atoms with Gasteiger partial charge in [0.1, 0.15) is 17.4 Å². The minimum absolute atomic E-state index is 0.236. The zero-order valence-corrected chi connectivity index (χ0v) is 14.4. The standard InChI is InChI=1S/C18H26N2O3/c1-5-10-18(4,23-7-3)17(21)20-16-9-8-15(22-11-6-2)12-14(16)13-19/h8-9,12H,5-7,10-11H2,1-4H3,(H,20,21)/t18-/m1/s1. The Morgan fingerprint density at radius 3 is 2.61 bits per heavy atom. The Morgan fingerprint density at radius 2 is 2.04 bits per heavy atom. The summed E-state index contributed by atoms with van der Waals surface area (Å²) in [5, 5.41) is 12.1.